The Balaban J connectivity index is 1.02. The van der Waals surface area contributed by atoms with Gasteiger partial charge < -0.3 is 4.90 Å². The first-order valence-corrected chi connectivity index (χ1v) is 19.6. The number of hydrogen-bond acceptors (Lipinski definition) is 3. The van der Waals surface area contributed by atoms with Gasteiger partial charge in [0.25, 0.3) is 0 Å². The van der Waals surface area contributed by atoms with E-state index >= 15 is 0 Å². The highest BCUT2D eigenvalue weighted by Gasteiger charge is 2.47. The summed E-state index contributed by atoms with van der Waals surface area (Å²) >= 11 is 0. The average molecular weight is 731 g/mol. The molecule has 9 aromatic rings. The fraction of sp³-hybridized carbons (Fsp3) is 0.0566. The van der Waals surface area contributed by atoms with E-state index in [4.69, 9.17) is 9.97 Å². The van der Waals surface area contributed by atoms with Crippen molar-refractivity contribution in [3.05, 3.63) is 212 Å². The Hall–Kier alpha value is -7.30. The van der Waals surface area contributed by atoms with Gasteiger partial charge in [0.1, 0.15) is 0 Å². The predicted octanol–water partition coefficient (Wildman–Crippen LogP) is 13.4. The monoisotopic (exact) mass is 730 g/mol. The van der Waals surface area contributed by atoms with Crippen LogP contribution in [0.4, 0.5) is 11.4 Å². The van der Waals surface area contributed by atoms with Crippen LogP contribution in [0, 0.1) is 0 Å². The van der Waals surface area contributed by atoms with Crippen LogP contribution in [0.3, 0.4) is 0 Å². The lowest BCUT2D eigenvalue weighted by molar-refractivity contribution is 0.542. The van der Waals surface area contributed by atoms with Gasteiger partial charge in [-0.2, -0.15) is 0 Å². The molecule has 0 spiro atoms. The smallest absolute Gasteiger partial charge is 0.235 e. The molecule has 0 bridgehead atoms. The van der Waals surface area contributed by atoms with E-state index in [0.717, 1.165) is 27.9 Å². The van der Waals surface area contributed by atoms with Crippen LogP contribution >= 0.6 is 0 Å². The number of nitrogens with zero attached hydrogens (tertiary/aromatic N) is 4. The molecule has 0 amide bonds. The first-order valence-electron chi connectivity index (χ1n) is 19.6. The zero-order chi connectivity index (χ0) is 37.9. The summed E-state index contributed by atoms with van der Waals surface area (Å²) < 4.78 is 2.21. The fourth-order valence-electron chi connectivity index (χ4n) is 9.30. The highest BCUT2D eigenvalue weighted by atomic mass is 15.2. The Morgan fingerprint density at radius 1 is 0.526 bits per heavy atom. The Morgan fingerprint density at radius 2 is 1.18 bits per heavy atom. The highest BCUT2D eigenvalue weighted by molar-refractivity contribution is 6.10. The molecule has 3 heterocycles. The largest absolute Gasteiger partial charge is 0.331 e. The molecule has 4 nitrogen and oxygen atoms in total. The zero-order valence-electron chi connectivity index (χ0n) is 31.5. The third kappa shape index (κ3) is 5.29. The van der Waals surface area contributed by atoms with Crippen LogP contribution in [0.15, 0.2) is 206 Å². The van der Waals surface area contributed by atoms with Crippen molar-refractivity contribution < 1.29 is 0 Å². The van der Waals surface area contributed by atoms with Crippen molar-refractivity contribution in [3.63, 3.8) is 0 Å². The van der Waals surface area contributed by atoms with Crippen LogP contribution in [0.5, 0.6) is 0 Å². The lowest BCUT2D eigenvalue weighted by Crippen LogP contribution is -2.41. The first-order chi connectivity index (χ1) is 28.2. The number of para-hydroxylation sites is 2. The minimum Gasteiger partial charge on any atom is -0.331 e. The summed E-state index contributed by atoms with van der Waals surface area (Å²) in [4.78, 5) is 12.7. The molecule has 7 aromatic carbocycles. The van der Waals surface area contributed by atoms with Crippen molar-refractivity contribution in [2.75, 3.05) is 4.90 Å². The number of anilines is 2. The van der Waals surface area contributed by atoms with Crippen molar-refractivity contribution >= 4 is 33.2 Å². The van der Waals surface area contributed by atoms with Gasteiger partial charge in [0.2, 0.25) is 5.95 Å². The van der Waals surface area contributed by atoms with Crippen LogP contribution in [0.25, 0.3) is 72.4 Å². The normalized spacial score (nSPS) is 16.9. The van der Waals surface area contributed by atoms with E-state index in [9.17, 15) is 0 Å². The van der Waals surface area contributed by atoms with Crippen molar-refractivity contribution in [3.8, 4) is 50.6 Å². The van der Waals surface area contributed by atoms with E-state index in [-0.39, 0.29) is 11.5 Å². The van der Waals surface area contributed by atoms with E-state index in [2.05, 4.69) is 211 Å². The highest BCUT2D eigenvalue weighted by Crippen LogP contribution is 2.54. The Morgan fingerprint density at radius 3 is 2.00 bits per heavy atom. The minimum atomic E-state index is -0.186. The molecule has 1 aliphatic heterocycles. The molecule has 2 aliphatic rings. The first kappa shape index (κ1) is 33.1. The van der Waals surface area contributed by atoms with E-state index in [1.54, 1.807) is 0 Å². The molecule has 1 aliphatic carbocycles. The topological polar surface area (TPSA) is 34.0 Å². The third-order valence-electron chi connectivity index (χ3n) is 11.9. The minimum absolute atomic E-state index is 0.186. The summed E-state index contributed by atoms with van der Waals surface area (Å²) in [6.45, 7) is 2.35. The van der Waals surface area contributed by atoms with E-state index in [1.165, 1.54) is 55.5 Å². The van der Waals surface area contributed by atoms with Crippen molar-refractivity contribution in [1.82, 2.24) is 14.5 Å². The molecule has 0 saturated carbocycles. The number of allylic oxidation sites excluding steroid dienone is 2. The second kappa shape index (κ2) is 13.2. The van der Waals surface area contributed by atoms with E-state index in [0.29, 0.717) is 5.95 Å². The van der Waals surface area contributed by atoms with Crippen LogP contribution < -0.4 is 4.90 Å². The standard InChI is InChI=1S/C53H38N4/c1-53-32-15-14-25-47(53)46-35-38(28-30-51(46)57(53)39-18-6-3-7-19-39)37-27-29-50-45(34-37)44-24-12-13-26-49(44)56(50)52-54-33-31-48(55-52)43-23-11-10-22-42(43)41-21-9-8-20-40(41)36-16-4-2-5-17-36/h2-35,47H,1H3. The molecule has 2 unspecified atom stereocenters. The van der Waals surface area contributed by atoms with Gasteiger partial charge in [-0.15, -0.1) is 0 Å². The van der Waals surface area contributed by atoms with E-state index in [1.807, 2.05) is 12.3 Å². The number of hydrogen-bond donors (Lipinski definition) is 0. The maximum atomic E-state index is 5.31. The van der Waals surface area contributed by atoms with Gasteiger partial charge in [-0.05, 0) is 94.4 Å². The van der Waals surface area contributed by atoms with Crippen LogP contribution in [0.1, 0.15) is 18.4 Å². The summed E-state index contributed by atoms with van der Waals surface area (Å²) in [6.07, 6.45) is 11.0. The molecule has 2 atom stereocenters. The molecule has 57 heavy (non-hydrogen) atoms. The molecular formula is C53H38N4. The van der Waals surface area contributed by atoms with Gasteiger partial charge in [0.15, 0.2) is 0 Å². The Bertz CT molecular complexity index is 3050. The number of aromatic nitrogens is 3. The van der Waals surface area contributed by atoms with E-state index < -0.39 is 0 Å². The predicted molar refractivity (Wildman–Crippen MR) is 236 cm³/mol. The van der Waals surface area contributed by atoms with Crippen molar-refractivity contribution in [1.29, 1.82) is 0 Å². The molecule has 0 saturated heterocycles. The summed E-state index contributed by atoms with van der Waals surface area (Å²) in [7, 11) is 0. The van der Waals surface area contributed by atoms with Gasteiger partial charge >= 0.3 is 0 Å². The zero-order valence-corrected chi connectivity index (χ0v) is 31.5. The number of fused-ring (bicyclic) bond motifs is 6. The summed E-state index contributed by atoms with van der Waals surface area (Å²) in [5, 5.41) is 2.34. The van der Waals surface area contributed by atoms with Gasteiger partial charge in [0, 0.05) is 39.8 Å². The van der Waals surface area contributed by atoms with Crippen molar-refractivity contribution in [2.45, 2.75) is 18.4 Å². The van der Waals surface area contributed by atoms with Crippen LogP contribution in [-0.4, -0.2) is 20.1 Å². The SMILES string of the molecule is CC12C=CC=CC1c1cc(-c3ccc4c(c3)c3ccccc3n4-c3nccc(-c4ccccc4-c4ccccc4-c4ccccc4)n3)ccc1N2c1ccccc1. The fourth-order valence-corrected chi connectivity index (χ4v) is 9.30. The second-order valence-electron chi connectivity index (χ2n) is 15.2. The summed E-state index contributed by atoms with van der Waals surface area (Å²) in [6, 6.07) is 63.0. The third-order valence-corrected chi connectivity index (χ3v) is 11.9. The Kier molecular flexibility index (Phi) is 7.65. The summed E-state index contributed by atoms with van der Waals surface area (Å²) in [5.74, 6) is 0.886. The lowest BCUT2D eigenvalue weighted by atomic mass is 9.80. The molecule has 2 aromatic heterocycles. The quantitative estimate of drug-likeness (QED) is 0.171. The number of benzene rings is 7. The van der Waals surface area contributed by atoms with Gasteiger partial charge in [-0.1, -0.05) is 152 Å². The molecule has 0 radical (unpaired) electrons. The molecule has 0 fully saturated rings. The van der Waals surface area contributed by atoms with Crippen LogP contribution in [-0.2, 0) is 0 Å². The molecular weight excluding hydrogens is 693 g/mol. The Labute approximate surface area is 332 Å². The van der Waals surface area contributed by atoms with Gasteiger partial charge in [-0.25, -0.2) is 9.97 Å². The molecule has 11 rings (SSSR count). The number of rotatable bonds is 6. The average Bonchev–Trinajstić information content (AvgIpc) is 3.75. The van der Waals surface area contributed by atoms with Crippen molar-refractivity contribution in [2.24, 2.45) is 0 Å². The molecule has 4 heteroatoms. The maximum absolute atomic E-state index is 5.31. The van der Waals surface area contributed by atoms with Gasteiger partial charge in [-0.3, -0.25) is 4.57 Å². The van der Waals surface area contributed by atoms with Gasteiger partial charge in [0.05, 0.1) is 22.3 Å². The lowest BCUT2D eigenvalue weighted by Gasteiger charge is -2.39. The molecule has 270 valence electrons. The summed E-state index contributed by atoms with van der Waals surface area (Å²) in [5.41, 5.74) is 14.8. The van der Waals surface area contributed by atoms with Crippen LogP contribution in [0.2, 0.25) is 0 Å². The molecule has 0 N–H and O–H groups in total. The maximum Gasteiger partial charge on any atom is 0.235 e. The second-order valence-corrected chi connectivity index (χ2v) is 15.2.